The number of nitrogens with zero attached hydrogens (tertiary/aromatic N) is 7. The molecular weight excluding hydrogens is 542 g/mol. The Morgan fingerprint density at radius 1 is 0.386 bits per heavy atom. The van der Waals surface area contributed by atoms with Gasteiger partial charge in [-0.15, -0.1) is 0 Å². The molecule has 0 radical (unpaired) electrons. The largest absolute Gasteiger partial charge is 0.289 e. The zero-order valence-electron chi connectivity index (χ0n) is 23.3. The lowest BCUT2D eigenvalue weighted by Gasteiger charge is -2.09. The number of aromatic nitrogens is 7. The minimum absolute atomic E-state index is 0.630. The van der Waals surface area contributed by atoms with E-state index in [-0.39, 0.29) is 0 Å². The molecule has 0 N–H and O–H groups in total. The van der Waals surface area contributed by atoms with Crippen LogP contribution in [0, 0.1) is 0 Å². The summed E-state index contributed by atoms with van der Waals surface area (Å²) in [4.78, 5) is 24.5. The van der Waals surface area contributed by atoms with Crippen molar-refractivity contribution in [3.8, 4) is 34.2 Å². The van der Waals surface area contributed by atoms with Crippen molar-refractivity contribution in [1.29, 1.82) is 0 Å². The Labute approximate surface area is 250 Å². The normalized spacial score (nSPS) is 12.1. The smallest absolute Gasteiger partial charge is 0.182 e. The van der Waals surface area contributed by atoms with Crippen molar-refractivity contribution in [3.05, 3.63) is 128 Å². The van der Waals surface area contributed by atoms with Gasteiger partial charge in [0.05, 0.1) is 22.1 Å². The highest BCUT2D eigenvalue weighted by Gasteiger charge is 2.23. The van der Waals surface area contributed by atoms with Crippen LogP contribution in [-0.2, 0) is 0 Å². The molecule has 0 unspecified atom stereocenters. The minimum atomic E-state index is 0.630. The van der Waals surface area contributed by atoms with Crippen LogP contribution in [0.5, 0.6) is 0 Å². The van der Waals surface area contributed by atoms with Crippen LogP contribution < -0.4 is 0 Å². The molecule has 7 nitrogen and oxygen atoms in total. The number of hydrogen-bond acceptors (Lipinski definition) is 5. The molecule has 7 heteroatoms. The van der Waals surface area contributed by atoms with Gasteiger partial charge in [-0.1, -0.05) is 91.0 Å². The van der Waals surface area contributed by atoms with Gasteiger partial charge in [-0.3, -0.25) is 8.80 Å². The number of hydrogen-bond donors (Lipinski definition) is 0. The Hall–Kier alpha value is -6.21. The summed E-state index contributed by atoms with van der Waals surface area (Å²) in [5.41, 5.74) is 8.93. The SMILES string of the molecule is c1ccc(-c2nc(-c3ccccc3)nc(-c3ccc4c(c3)c3ccc5c6ccccc6n6c7nccnc7n4c3c56)n2)cc1. The van der Waals surface area contributed by atoms with Crippen molar-refractivity contribution in [2.75, 3.05) is 0 Å². The molecule has 5 heterocycles. The maximum Gasteiger partial charge on any atom is 0.182 e. The second kappa shape index (κ2) is 8.65. The molecule has 0 aliphatic carbocycles. The lowest BCUT2D eigenvalue weighted by atomic mass is 10.1. The lowest BCUT2D eigenvalue weighted by Crippen LogP contribution is -2.01. The molecule has 0 bridgehead atoms. The molecule has 10 aromatic rings. The van der Waals surface area contributed by atoms with Gasteiger partial charge in [0.2, 0.25) is 0 Å². The van der Waals surface area contributed by atoms with Gasteiger partial charge < -0.3 is 0 Å². The van der Waals surface area contributed by atoms with E-state index in [1.165, 1.54) is 10.8 Å². The highest BCUT2D eigenvalue weighted by molar-refractivity contribution is 6.25. The fourth-order valence-corrected chi connectivity index (χ4v) is 6.71. The highest BCUT2D eigenvalue weighted by atomic mass is 15.1. The third kappa shape index (κ3) is 3.12. The van der Waals surface area contributed by atoms with Crippen LogP contribution in [0.3, 0.4) is 0 Å². The fourth-order valence-electron chi connectivity index (χ4n) is 6.71. The molecule has 0 atom stereocenters. The molecule has 0 spiro atoms. The summed E-state index contributed by atoms with van der Waals surface area (Å²) >= 11 is 0. The molecule has 204 valence electrons. The summed E-state index contributed by atoms with van der Waals surface area (Å²) in [5, 5.41) is 4.66. The fraction of sp³-hybridized carbons (Fsp3) is 0. The molecular formula is C37H21N7. The minimum Gasteiger partial charge on any atom is -0.289 e. The monoisotopic (exact) mass is 563 g/mol. The standard InChI is InChI=1S/C37H21N7/c1-3-9-22(10-4-1)33-40-34(23-11-5-2-6-12-23)42-35(41-33)24-15-18-30-28(21-24)27-17-16-26-25-13-7-8-14-29(25)43-31(26)32(27)44(30)37-36(43)38-19-20-39-37/h1-21H. The van der Waals surface area contributed by atoms with Gasteiger partial charge in [-0.2, -0.15) is 0 Å². The predicted molar refractivity (Wildman–Crippen MR) is 175 cm³/mol. The van der Waals surface area contributed by atoms with Crippen molar-refractivity contribution in [2.45, 2.75) is 0 Å². The molecule has 0 fully saturated rings. The molecule has 5 aromatic carbocycles. The number of para-hydroxylation sites is 1. The van der Waals surface area contributed by atoms with Gasteiger partial charge in [0.1, 0.15) is 0 Å². The predicted octanol–water partition coefficient (Wildman–Crippen LogP) is 8.22. The second-order valence-corrected chi connectivity index (χ2v) is 11.0. The summed E-state index contributed by atoms with van der Waals surface area (Å²) in [6, 6.07) is 39.6. The Kier molecular flexibility index (Phi) is 4.60. The maximum absolute atomic E-state index is 4.98. The van der Waals surface area contributed by atoms with Crippen LogP contribution in [-0.4, -0.2) is 33.7 Å². The van der Waals surface area contributed by atoms with Crippen molar-refractivity contribution >= 4 is 54.9 Å². The Morgan fingerprint density at radius 3 is 1.50 bits per heavy atom. The van der Waals surface area contributed by atoms with Crippen LogP contribution in [0.2, 0.25) is 0 Å². The molecule has 5 aromatic heterocycles. The van der Waals surface area contributed by atoms with Crippen LogP contribution in [0.4, 0.5) is 0 Å². The number of rotatable bonds is 3. The van der Waals surface area contributed by atoms with Crippen LogP contribution in [0.15, 0.2) is 128 Å². The van der Waals surface area contributed by atoms with Crippen LogP contribution in [0.1, 0.15) is 0 Å². The molecule has 0 aliphatic rings. The van der Waals surface area contributed by atoms with E-state index in [1.807, 2.05) is 60.7 Å². The van der Waals surface area contributed by atoms with E-state index in [0.29, 0.717) is 17.5 Å². The Morgan fingerprint density at radius 2 is 0.886 bits per heavy atom. The van der Waals surface area contributed by atoms with Gasteiger partial charge in [0.25, 0.3) is 0 Å². The van der Waals surface area contributed by atoms with E-state index in [9.17, 15) is 0 Å². The number of fused-ring (bicyclic) bond motifs is 9. The van der Waals surface area contributed by atoms with E-state index in [0.717, 1.165) is 60.8 Å². The van der Waals surface area contributed by atoms with E-state index >= 15 is 0 Å². The molecule has 0 saturated heterocycles. The van der Waals surface area contributed by atoms with Gasteiger partial charge in [0.15, 0.2) is 28.8 Å². The van der Waals surface area contributed by atoms with Crippen molar-refractivity contribution in [2.24, 2.45) is 0 Å². The summed E-state index contributed by atoms with van der Waals surface area (Å²) in [6.07, 6.45) is 3.53. The topological polar surface area (TPSA) is 73.3 Å². The first-order valence-electron chi connectivity index (χ1n) is 14.5. The van der Waals surface area contributed by atoms with E-state index < -0.39 is 0 Å². The maximum atomic E-state index is 4.98. The van der Waals surface area contributed by atoms with Crippen molar-refractivity contribution in [1.82, 2.24) is 33.7 Å². The van der Waals surface area contributed by atoms with Crippen molar-refractivity contribution < 1.29 is 0 Å². The Bertz CT molecular complexity index is 2650. The summed E-state index contributed by atoms with van der Waals surface area (Å²) in [5.74, 6) is 1.92. The molecule has 0 aliphatic heterocycles. The highest BCUT2D eigenvalue weighted by Crippen LogP contribution is 2.41. The van der Waals surface area contributed by atoms with Crippen LogP contribution in [0.25, 0.3) is 89.1 Å². The average molecular weight is 564 g/mol. The Balaban J connectivity index is 1.30. The lowest BCUT2D eigenvalue weighted by molar-refractivity contribution is 1.07. The van der Waals surface area contributed by atoms with Crippen LogP contribution >= 0.6 is 0 Å². The number of benzene rings is 5. The first-order valence-corrected chi connectivity index (χ1v) is 14.5. The van der Waals surface area contributed by atoms with Crippen molar-refractivity contribution in [3.63, 3.8) is 0 Å². The first-order chi connectivity index (χ1) is 21.8. The van der Waals surface area contributed by atoms with Gasteiger partial charge >= 0.3 is 0 Å². The van der Waals surface area contributed by atoms with E-state index in [2.05, 4.69) is 63.4 Å². The quantitative estimate of drug-likeness (QED) is 0.203. The van der Waals surface area contributed by atoms with E-state index in [1.54, 1.807) is 12.4 Å². The second-order valence-electron chi connectivity index (χ2n) is 11.0. The third-order valence-electron chi connectivity index (χ3n) is 8.60. The molecule has 44 heavy (non-hydrogen) atoms. The molecule has 0 saturated carbocycles. The third-order valence-corrected chi connectivity index (χ3v) is 8.60. The van der Waals surface area contributed by atoms with Gasteiger partial charge in [-0.25, -0.2) is 24.9 Å². The zero-order valence-corrected chi connectivity index (χ0v) is 23.3. The zero-order chi connectivity index (χ0) is 28.8. The van der Waals surface area contributed by atoms with Gasteiger partial charge in [-0.05, 0) is 24.3 Å². The van der Waals surface area contributed by atoms with E-state index in [4.69, 9.17) is 24.9 Å². The summed E-state index contributed by atoms with van der Waals surface area (Å²) < 4.78 is 4.52. The molecule has 0 amide bonds. The molecule has 10 rings (SSSR count). The van der Waals surface area contributed by atoms with Gasteiger partial charge in [0, 0.05) is 50.6 Å². The first kappa shape index (κ1) is 23.4. The summed E-state index contributed by atoms with van der Waals surface area (Å²) in [7, 11) is 0. The summed E-state index contributed by atoms with van der Waals surface area (Å²) in [6.45, 7) is 0. The average Bonchev–Trinajstić information content (AvgIpc) is 3.62.